The van der Waals surface area contributed by atoms with E-state index in [1.165, 1.54) is 14.2 Å². The fraction of sp³-hybridized carbons (Fsp3) is 0.526. The van der Waals surface area contributed by atoms with Crippen LogP contribution in [0.3, 0.4) is 0 Å². The Morgan fingerprint density at radius 1 is 1.23 bits per heavy atom. The van der Waals surface area contributed by atoms with Gasteiger partial charge in [0.25, 0.3) is 0 Å². The van der Waals surface area contributed by atoms with E-state index in [-0.39, 0.29) is 11.9 Å². The number of rotatable bonds is 4. The smallest absolute Gasteiger partial charge is 0.169 e. The summed E-state index contributed by atoms with van der Waals surface area (Å²) >= 11 is 0. The molecule has 2 heterocycles. The molecule has 2 saturated heterocycles. The Balaban J connectivity index is 1.74. The maximum absolute atomic E-state index is 13.2. The van der Waals surface area contributed by atoms with Crippen LogP contribution in [0, 0.1) is 39.4 Å². The zero-order valence-electron chi connectivity index (χ0n) is 14.5. The summed E-state index contributed by atoms with van der Waals surface area (Å²) < 4.78 is 22.0. The molecule has 1 aliphatic carbocycles. The van der Waals surface area contributed by atoms with Gasteiger partial charge in [-0.05, 0) is 31.0 Å². The lowest BCUT2D eigenvalue weighted by molar-refractivity contribution is -0.140. The number of nitrogens with zero attached hydrogens (tertiary/aromatic N) is 2. The average Bonchev–Trinajstić information content (AvgIpc) is 3.06. The van der Waals surface area contributed by atoms with E-state index in [1.54, 1.807) is 18.2 Å². The lowest BCUT2D eigenvalue weighted by Crippen LogP contribution is -2.35. The fourth-order valence-electron chi connectivity index (χ4n) is 4.56. The molecule has 0 radical (unpaired) electrons. The Morgan fingerprint density at radius 3 is 2.62 bits per heavy atom. The lowest BCUT2D eigenvalue weighted by atomic mass is 9.86. The van der Waals surface area contributed by atoms with Crippen LogP contribution < -0.4 is 9.47 Å². The van der Waals surface area contributed by atoms with Crippen LogP contribution in [0.4, 0.5) is 0 Å². The van der Waals surface area contributed by atoms with Crippen LogP contribution in [0.5, 0.6) is 11.5 Å². The van der Waals surface area contributed by atoms with E-state index in [4.69, 9.17) is 18.9 Å². The number of hydrogen-bond donors (Lipinski definition) is 0. The molecule has 134 valence electrons. The third-order valence-corrected chi connectivity index (χ3v) is 5.93. The minimum Gasteiger partial charge on any atom is -0.493 e. The molecule has 1 unspecified atom stereocenters. The van der Waals surface area contributed by atoms with E-state index < -0.39 is 23.0 Å². The highest BCUT2D eigenvalue weighted by molar-refractivity contribution is 6.03. The molecule has 0 amide bonds. The average molecular weight is 354 g/mol. The summed E-state index contributed by atoms with van der Waals surface area (Å²) in [7, 11) is 3.00. The van der Waals surface area contributed by atoms with Crippen molar-refractivity contribution in [1.29, 1.82) is 10.5 Å². The third-order valence-electron chi connectivity index (χ3n) is 5.93. The van der Waals surface area contributed by atoms with E-state index >= 15 is 0 Å². The number of methoxy groups -OCH3 is 2. The molecular weight excluding hydrogens is 336 g/mol. The quantitative estimate of drug-likeness (QED) is 0.763. The summed E-state index contributed by atoms with van der Waals surface area (Å²) in [5, 5.41) is 19.5. The molecule has 2 bridgehead atoms. The first-order chi connectivity index (χ1) is 12.6. The van der Waals surface area contributed by atoms with Crippen LogP contribution in [-0.2, 0) is 9.47 Å². The molecule has 1 spiro atoms. The second-order valence-corrected chi connectivity index (χ2v) is 6.90. The van der Waals surface area contributed by atoms with Gasteiger partial charge in [-0.25, -0.2) is 0 Å². The third kappa shape index (κ3) is 1.90. The highest BCUT2D eigenvalue weighted by Gasteiger charge is 2.86. The monoisotopic (exact) mass is 354 g/mol. The van der Waals surface area contributed by atoms with Crippen molar-refractivity contribution >= 4 is 5.78 Å². The summed E-state index contributed by atoms with van der Waals surface area (Å²) in [4.78, 5) is 13.2. The van der Waals surface area contributed by atoms with Gasteiger partial charge in [-0.1, -0.05) is 0 Å². The molecule has 7 heteroatoms. The van der Waals surface area contributed by atoms with E-state index in [0.29, 0.717) is 36.5 Å². The van der Waals surface area contributed by atoms with Crippen LogP contribution in [0.15, 0.2) is 18.2 Å². The van der Waals surface area contributed by atoms with Gasteiger partial charge in [0.1, 0.15) is 0 Å². The van der Waals surface area contributed by atoms with Gasteiger partial charge in [-0.3, -0.25) is 4.79 Å². The molecule has 1 aromatic rings. The predicted molar refractivity (Wildman–Crippen MR) is 87.3 cm³/mol. The first-order valence-corrected chi connectivity index (χ1v) is 8.43. The molecular formula is C19H18N2O5. The maximum Gasteiger partial charge on any atom is 0.169 e. The summed E-state index contributed by atoms with van der Waals surface area (Å²) in [6.45, 7) is 0.441. The van der Waals surface area contributed by atoms with E-state index in [1.807, 2.05) is 0 Å². The molecule has 0 N–H and O–H groups in total. The number of Topliss-reactive ketones (excluding diaryl/α,β-unsaturated/α-hetero) is 1. The Hall–Kier alpha value is -2.61. The number of benzene rings is 1. The van der Waals surface area contributed by atoms with E-state index in [9.17, 15) is 15.3 Å². The maximum atomic E-state index is 13.2. The van der Waals surface area contributed by atoms with Crippen molar-refractivity contribution in [2.24, 2.45) is 16.7 Å². The molecule has 26 heavy (non-hydrogen) atoms. The van der Waals surface area contributed by atoms with Gasteiger partial charge in [0, 0.05) is 5.56 Å². The Labute approximate surface area is 151 Å². The zero-order valence-corrected chi connectivity index (χ0v) is 14.5. The molecule has 4 rings (SSSR count). The van der Waals surface area contributed by atoms with Gasteiger partial charge in [0.15, 0.2) is 29.0 Å². The van der Waals surface area contributed by atoms with Crippen molar-refractivity contribution in [3.8, 4) is 23.6 Å². The molecule has 2 aliphatic heterocycles. The number of ketones is 1. The van der Waals surface area contributed by atoms with Crippen molar-refractivity contribution in [3.63, 3.8) is 0 Å². The number of hydrogen-bond acceptors (Lipinski definition) is 7. The largest absolute Gasteiger partial charge is 0.493 e. The Morgan fingerprint density at radius 2 is 1.96 bits per heavy atom. The van der Waals surface area contributed by atoms with Crippen molar-refractivity contribution in [2.45, 2.75) is 25.2 Å². The SMILES string of the molecule is COc1ccc(C(=O)[C@H]2C(C#N)(C#N)C23CC[C@H]2CO[C@@H]3O2)cc1OC. The van der Waals surface area contributed by atoms with Crippen molar-refractivity contribution in [3.05, 3.63) is 23.8 Å². The molecule has 1 saturated carbocycles. The molecule has 0 aromatic heterocycles. The molecule has 7 nitrogen and oxygen atoms in total. The standard InChI is InChI=1S/C19H18N2O5/c1-23-13-4-3-11(7-14(13)24-2)15(22)16-18(9-20,10-21)19(16)6-5-12-8-25-17(19)26-12/h3-4,7,12,16-17H,5-6,8H2,1-2H3/t12-,16-,17+,19?/m0/s1. The number of ether oxygens (including phenoxy) is 4. The van der Waals surface area contributed by atoms with E-state index in [0.717, 1.165) is 0 Å². The van der Waals surface area contributed by atoms with Crippen LogP contribution >= 0.6 is 0 Å². The van der Waals surface area contributed by atoms with E-state index in [2.05, 4.69) is 12.1 Å². The summed E-state index contributed by atoms with van der Waals surface area (Å²) in [6, 6.07) is 9.04. The Bertz CT molecular complexity index is 840. The fourth-order valence-corrected chi connectivity index (χ4v) is 4.56. The van der Waals surface area contributed by atoms with Gasteiger partial charge in [0.2, 0.25) is 0 Å². The van der Waals surface area contributed by atoms with Gasteiger partial charge in [-0.15, -0.1) is 0 Å². The van der Waals surface area contributed by atoms with Crippen LogP contribution in [0.2, 0.25) is 0 Å². The van der Waals surface area contributed by atoms with Crippen LogP contribution in [0.1, 0.15) is 23.2 Å². The second kappa shape index (κ2) is 5.70. The van der Waals surface area contributed by atoms with Crippen molar-refractivity contribution in [2.75, 3.05) is 20.8 Å². The predicted octanol–water partition coefficient (Wildman–Crippen LogP) is 2.07. The highest BCUT2D eigenvalue weighted by atomic mass is 16.7. The van der Waals surface area contributed by atoms with Gasteiger partial charge in [-0.2, -0.15) is 10.5 Å². The van der Waals surface area contributed by atoms with Crippen molar-refractivity contribution < 1.29 is 23.7 Å². The number of nitriles is 2. The molecule has 4 atom stereocenters. The minimum absolute atomic E-state index is 0.0156. The van der Waals surface area contributed by atoms with Gasteiger partial charge >= 0.3 is 0 Å². The molecule has 3 fully saturated rings. The highest BCUT2D eigenvalue weighted by Crippen LogP contribution is 2.76. The Kier molecular flexibility index (Phi) is 3.69. The summed E-state index contributed by atoms with van der Waals surface area (Å²) in [5.41, 5.74) is -1.97. The summed E-state index contributed by atoms with van der Waals surface area (Å²) in [6.07, 6.45) is 0.539. The normalized spacial score (nSPS) is 33.2. The van der Waals surface area contributed by atoms with Crippen LogP contribution in [-0.4, -0.2) is 39.0 Å². The lowest BCUT2D eigenvalue weighted by Gasteiger charge is -2.29. The molecule has 1 aromatic carbocycles. The topological polar surface area (TPSA) is 102 Å². The van der Waals surface area contributed by atoms with Crippen molar-refractivity contribution in [1.82, 2.24) is 0 Å². The number of fused-ring (bicyclic) bond motifs is 3. The van der Waals surface area contributed by atoms with Crippen LogP contribution in [0.25, 0.3) is 0 Å². The first kappa shape index (κ1) is 16.8. The summed E-state index contributed by atoms with van der Waals surface area (Å²) in [5.74, 6) is -0.132. The zero-order chi connectivity index (χ0) is 18.5. The number of carbonyl (C=O) groups is 1. The first-order valence-electron chi connectivity index (χ1n) is 8.43. The number of carbonyl (C=O) groups excluding carboxylic acids is 1. The van der Waals surface area contributed by atoms with Gasteiger partial charge in [0.05, 0.1) is 50.4 Å². The molecule has 3 aliphatic rings. The second-order valence-electron chi connectivity index (χ2n) is 6.90. The minimum atomic E-state index is -1.43. The van der Waals surface area contributed by atoms with Gasteiger partial charge < -0.3 is 18.9 Å².